The van der Waals surface area contributed by atoms with Crippen molar-refractivity contribution < 1.29 is 24.9 Å². The van der Waals surface area contributed by atoms with E-state index in [2.05, 4.69) is 41.5 Å². The molecule has 8 rings (SSSR count). The molecule has 0 saturated heterocycles. The molecule has 0 radical (unpaired) electrons. The number of carbonyl (C=O) groups is 2. The second-order valence-corrected chi connectivity index (χ2v) is 22.3. The minimum absolute atomic E-state index is 0.0561. The highest BCUT2D eigenvalue weighted by Crippen LogP contribution is 2.70. The number of rotatable bonds is 8. The van der Waals surface area contributed by atoms with E-state index in [1.165, 1.54) is 109 Å². The van der Waals surface area contributed by atoms with E-state index in [1.807, 2.05) is 0 Å². The van der Waals surface area contributed by atoms with Gasteiger partial charge >= 0.3 is 11.9 Å². The van der Waals surface area contributed by atoms with Gasteiger partial charge in [-0.3, -0.25) is 9.59 Å². The van der Waals surface area contributed by atoms with Crippen LogP contribution in [0.2, 0.25) is 0 Å². The second kappa shape index (κ2) is 15.3. The molecule has 0 heterocycles. The maximum atomic E-state index is 11.0. The highest BCUT2D eigenvalue weighted by molar-refractivity contribution is 5.66. The second-order valence-electron chi connectivity index (χ2n) is 22.3. The molecule has 5 nitrogen and oxygen atoms in total. The van der Waals surface area contributed by atoms with Crippen LogP contribution in [0, 0.1) is 92.7 Å². The zero-order valence-electron chi connectivity index (χ0n) is 34.9. The third-order valence-electron chi connectivity index (χ3n) is 20.4. The van der Waals surface area contributed by atoms with Crippen molar-refractivity contribution in [3.8, 4) is 0 Å². The number of carboxylic acids is 2. The molecule has 1 unspecified atom stereocenters. The molecule has 0 aromatic carbocycles. The predicted octanol–water partition coefficient (Wildman–Crippen LogP) is 12.0. The van der Waals surface area contributed by atoms with E-state index in [0.29, 0.717) is 52.3 Å². The van der Waals surface area contributed by atoms with Crippen molar-refractivity contribution in [1.82, 2.24) is 0 Å². The average molecular weight is 737 g/mol. The van der Waals surface area contributed by atoms with Crippen molar-refractivity contribution in [2.45, 2.75) is 195 Å². The van der Waals surface area contributed by atoms with Gasteiger partial charge in [0.25, 0.3) is 0 Å². The summed E-state index contributed by atoms with van der Waals surface area (Å²) in [5, 5.41) is 28.4. The maximum absolute atomic E-state index is 11.0. The highest BCUT2D eigenvalue weighted by atomic mass is 16.4. The van der Waals surface area contributed by atoms with Gasteiger partial charge in [-0.25, -0.2) is 0 Å². The number of fused-ring (bicyclic) bond motifs is 10. The molecule has 8 fully saturated rings. The Labute approximate surface area is 324 Å². The van der Waals surface area contributed by atoms with Gasteiger partial charge in [-0.2, -0.15) is 0 Å². The van der Waals surface area contributed by atoms with Crippen LogP contribution in [-0.2, 0) is 9.59 Å². The standard InChI is InChI=1S/C24H40O3.C24H40O2/c1-15(4-9-22(26)27)19-7-8-20-18-6-5-16-14-17(25)10-12-23(16,2)21(18)11-13-24(19,20)3;1-16(7-12-22(25)26)19-10-11-20-18-9-8-17-6-4-5-14-23(17,2)21(18)13-15-24(19,20)3/h15-21,25H,4-14H2,1-3H3,(H,26,27);16-21H,4-15H2,1-3H3,(H,25,26)/t15-,16-,17-,18+,19-,20+,21+,23+,24-;16-,17?,18+,19-,20+,21+,23+,24-/m11/s1. The molecule has 3 N–H and O–H groups in total. The molecule has 8 aliphatic rings. The van der Waals surface area contributed by atoms with E-state index in [9.17, 15) is 14.7 Å². The number of aliphatic hydroxyl groups excluding tert-OH is 1. The summed E-state index contributed by atoms with van der Waals surface area (Å²) in [6.07, 6.45) is 28.2. The van der Waals surface area contributed by atoms with Gasteiger partial charge in [-0.05, 0) is 215 Å². The zero-order valence-corrected chi connectivity index (χ0v) is 34.9. The largest absolute Gasteiger partial charge is 0.481 e. The summed E-state index contributed by atoms with van der Waals surface area (Å²) in [7, 11) is 0. The SMILES string of the molecule is C[C@H](CCC(=O)O)[C@H]1CC[C@H]2[C@@H]3CCC4CCCC[C@]4(C)[C@H]3CC[C@]12C.C[C@H](CCC(=O)O)[C@H]1CC[C@H]2[C@@H]3CC[C@@H]4C[C@H](O)CC[C@]4(C)[C@H]3CC[C@]12C. The Morgan fingerprint density at radius 3 is 1.49 bits per heavy atom. The predicted molar refractivity (Wildman–Crippen MR) is 213 cm³/mol. The van der Waals surface area contributed by atoms with Crippen molar-refractivity contribution in [2.75, 3.05) is 0 Å². The van der Waals surface area contributed by atoms with E-state index >= 15 is 0 Å². The fourth-order valence-electron chi connectivity index (χ4n) is 17.6. The number of hydrogen-bond acceptors (Lipinski definition) is 3. The first kappa shape index (κ1) is 40.1. The summed E-state index contributed by atoms with van der Waals surface area (Å²) in [6, 6.07) is 0. The topological polar surface area (TPSA) is 94.8 Å². The summed E-state index contributed by atoms with van der Waals surface area (Å²) < 4.78 is 0. The van der Waals surface area contributed by atoms with Crippen LogP contribution in [0.4, 0.5) is 0 Å². The summed E-state index contributed by atoms with van der Waals surface area (Å²) in [5.41, 5.74) is 2.00. The van der Waals surface area contributed by atoms with E-state index < -0.39 is 11.9 Å². The number of aliphatic carboxylic acids is 2. The van der Waals surface area contributed by atoms with Gasteiger partial charge in [-0.15, -0.1) is 0 Å². The van der Waals surface area contributed by atoms with Crippen LogP contribution in [0.1, 0.15) is 189 Å². The van der Waals surface area contributed by atoms with E-state index in [4.69, 9.17) is 10.2 Å². The maximum Gasteiger partial charge on any atom is 0.303 e. The third kappa shape index (κ3) is 7.10. The summed E-state index contributed by atoms with van der Waals surface area (Å²) >= 11 is 0. The van der Waals surface area contributed by atoms with Gasteiger partial charge in [-0.1, -0.05) is 54.4 Å². The van der Waals surface area contributed by atoms with Gasteiger partial charge in [0.2, 0.25) is 0 Å². The molecule has 0 aromatic rings. The van der Waals surface area contributed by atoms with Crippen LogP contribution in [-0.4, -0.2) is 33.4 Å². The van der Waals surface area contributed by atoms with Gasteiger partial charge < -0.3 is 15.3 Å². The lowest BCUT2D eigenvalue weighted by atomic mass is 9.44. The molecular weight excluding hydrogens is 657 g/mol. The van der Waals surface area contributed by atoms with Gasteiger partial charge in [0.1, 0.15) is 0 Å². The first-order valence-corrected chi connectivity index (χ1v) is 23.2. The molecule has 0 aromatic heterocycles. The molecule has 8 saturated carbocycles. The van der Waals surface area contributed by atoms with Gasteiger partial charge in [0.15, 0.2) is 0 Å². The van der Waals surface area contributed by atoms with Gasteiger partial charge in [0, 0.05) is 12.8 Å². The smallest absolute Gasteiger partial charge is 0.303 e. The Balaban J connectivity index is 0.000000164. The van der Waals surface area contributed by atoms with Crippen LogP contribution >= 0.6 is 0 Å². The molecule has 0 spiro atoms. The normalized spacial score (nSPS) is 49.7. The Morgan fingerprint density at radius 1 is 0.528 bits per heavy atom. The summed E-state index contributed by atoms with van der Waals surface area (Å²) in [5.74, 6) is 8.47. The van der Waals surface area contributed by atoms with Crippen molar-refractivity contribution >= 4 is 11.9 Å². The van der Waals surface area contributed by atoms with Crippen molar-refractivity contribution in [1.29, 1.82) is 0 Å². The van der Waals surface area contributed by atoms with Crippen LogP contribution in [0.3, 0.4) is 0 Å². The van der Waals surface area contributed by atoms with Crippen LogP contribution in [0.25, 0.3) is 0 Å². The van der Waals surface area contributed by atoms with Crippen molar-refractivity contribution in [3.05, 3.63) is 0 Å². The minimum Gasteiger partial charge on any atom is -0.481 e. The molecular formula is C48H80O5. The Hall–Kier alpha value is -1.10. The monoisotopic (exact) mass is 737 g/mol. The quantitative estimate of drug-likeness (QED) is 0.231. The highest BCUT2D eigenvalue weighted by Gasteiger charge is 2.62. The van der Waals surface area contributed by atoms with E-state index in [0.717, 1.165) is 78.9 Å². The van der Waals surface area contributed by atoms with E-state index in [-0.39, 0.29) is 6.10 Å². The molecule has 0 bridgehead atoms. The Kier molecular flexibility index (Phi) is 11.6. The lowest BCUT2D eigenvalue weighted by Crippen LogP contribution is -2.54. The first-order valence-electron chi connectivity index (χ1n) is 23.2. The molecule has 302 valence electrons. The molecule has 5 heteroatoms. The van der Waals surface area contributed by atoms with Crippen LogP contribution in [0.15, 0.2) is 0 Å². The first-order chi connectivity index (χ1) is 25.1. The molecule has 0 amide bonds. The molecule has 53 heavy (non-hydrogen) atoms. The Bertz CT molecular complexity index is 1310. The zero-order chi connectivity index (χ0) is 37.9. The number of hydrogen-bond donors (Lipinski definition) is 3. The number of carboxylic acid groups (broad SMARTS) is 2. The summed E-state index contributed by atoms with van der Waals surface area (Å²) in [4.78, 5) is 22.1. The molecule has 8 aliphatic carbocycles. The average Bonchev–Trinajstić information content (AvgIpc) is 3.67. The van der Waals surface area contributed by atoms with Crippen LogP contribution < -0.4 is 0 Å². The summed E-state index contributed by atoms with van der Waals surface area (Å²) in [6.45, 7) is 15.0. The fraction of sp³-hybridized carbons (Fsp3) is 0.958. The third-order valence-corrected chi connectivity index (χ3v) is 20.4. The van der Waals surface area contributed by atoms with Crippen molar-refractivity contribution in [2.24, 2.45) is 92.7 Å². The minimum atomic E-state index is -0.643. The molecule has 17 atom stereocenters. The fourth-order valence-corrected chi connectivity index (χ4v) is 17.6. The lowest BCUT2D eigenvalue weighted by Gasteiger charge is -2.61. The lowest BCUT2D eigenvalue weighted by molar-refractivity contribution is -0.139. The van der Waals surface area contributed by atoms with Crippen LogP contribution in [0.5, 0.6) is 0 Å². The van der Waals surface area contributed by atoms with Crippen molar-refractivity contribution in [3.63, 3.8) is 0 Å². The van der Waals surface area contributed by atoms with Gasteiger partial charge in [0.05, 0.1) is 6.10 Å². The number of aliphatic hydroxyl groups is 1. The molecule has 0 aliphatic heterocycles. The Morgan fingerprint density at radius 2 is 0.981 bits per heavy atom. The van der Waals surface area contributed by atoms with E-state index in [1.54, 1.807) is 0 Å².